The number of rotatable bonds is 5. The van der Waals surface area contributed by atoms with Gasteiger partial charge in [-0.2, -0.15) is 0 Å². The van der Waals surface area contributed by atoms with Crippen molar-refractivity contribution in [2.45, 2.75) is 57.4 Å². The van der Waals surface area contributed by atoms with Crippen LogP contribution in [0.15, 0.2) is 10.4 Å². The van der Waals surface area contributed by atoms with E-state index in [4.69, 9.17) is 9.47 Å². The van der Waals surface area contributed by atoms with E-state index < -0.39 is 0 Å². The molecule has 2 aliphatic carbocycles. The molecule has 1 spiro atoms. The summed E-state index contributed by atoms with van der Waals surface area (Å²) in [7, 11) is 3.55. The van der Waals surface area contributed by atoms with Crippen LogP contribution in [0.4, 0.5) is 0 Å². The molecule has 6 nitrogen and oxygen atoms in total. The Morgan fingerprint density at radius 2 is 2.40 bits per heavy atom. The lowest BCUT2D eigenvalue weighted by atomic mass is 9.46. The minimum absolute atomic E-state index is 0.0453. The fourth-order valence-electron chi connectivity index (χ4n) is 4.66. The van der Waals surface area contributed by atoms with Crippen molar-refractivity contribution in [2.75, 3.05) is 20.8 Å². The summed E-state index contributed by atoms with van der Waals surface area (Å²) in [6.45, 7) is 3.61. The van der Waals surface area contributed by atoms with Crippen molar-refractivity contribution in [2.24, 2.45) is 16.3 Å². The van der Waals surface area contributed by atoms with Gasteiger partial charge in [0.1, 0.15) is 11.1 Å². The van der Waals surface area contributed by atoms with E-state index in [9.17, 15) is 0 Å². The van der Waals surface area contributed by atoms with Gasteiger partial charge in [-0.05, 0) is 26.2 Å². The number of guanidine groups is 1. The van der Waals surface area contributed by atoms with Gasteiger partial charge < -0.3 is 20.1 Å². The monoisotopic (exact) mass is 364 g/mol. The molecule has 2 heterocycles. The van der Waals surface area contributed by atoms with E-state index in [1.807, 2.05) is 14.0 Å². The molecule has 0 amide bonds. The standard InChI is InChI=1S/C18H28N4O2S/c1-11(23-3)16-21-12(10-25-16)9-20-17(19-2)22-14-13-5-8-24-15(13)18(14)6-4-7-18/h10-11,13-15H,4-9H2,1-3H3,(H2,19,20,22). The highest BCUT2D eigenvalue weighted by atomic mass is 32.1. The van der Waals surface area contributed by atoms with Crippen molar-refractivity contribution in [3.05, 3.63) is 16.1 Å². The lowest BCUT2D eigenvalue weighted by molar-refractivity contribution is -0.171. The molecule has 2 N–H and O–H groups in total. The Hall–Kier alpha value is -1.18. The van der Waals surface area contributed by atoms with Crippen molar-refractivity contribution in [3.8, 4) is 0 Å². The Morgan fingerprint density at radius 3 is 3.08 bits per heavy atom. The van der Waals surface area contributed by atoms with Crippen molar-refractivity contribution < 1.29 is 9.47 Å². The quantitative estimate of drug-likeness (QED) is 0.621. The molecule has 1 aromatic heterocycles. The topological polar surface area (TPSA) is 67.8 Å². The highest BCUT2D eigenvalue weighted by Gasteiger charge is 2.66. The Morgan fingerprint density at radius 1 is 1.56 bits per heavy atom. The van der Waals surface area contributed by atoms with Crippen LogP contribution in [-0.4, -0.2) is 43.9 Å². The zero-order chi connectivity index (χ0) is 17.4. The van der Waals surface area contributed by atoms with Crippen molar-refractivity contribution in [3.63, 3.8) is 0 Å². The highest BCUT2D eigenvalue weighted by molar-refractivity contribution is 7.09. The van der Waals surface area contributed by atoms with E-state index in [2.05, 4.69) is 26.0 Å². The smallest absolute Gasteiger partial charge is 0.191 e. The van der Waals surface area contributed by atoms with Gasteiger partial charge in [0.2, 0.25) is 0 Å². The third-order valence-electron chi connectivity index (χ3n) is 6.26. The molecule has 3 fully saturated rings. The van der Waals surface area contributed by atoms with E-state index in [0.717, 1.165) is 23.3 Å². The van der Waals surface area contributed by atoms with Crippen LogP contribution in [0, 0.1) is 11.3 Å². The predicted octanol–water partition coefficient (Wildman–Crippen LogP) is 2.47. The fraction of sp³-hybridized carbons (Fsp3) is 0.778. The summed E-state index contributed by atoms with van der Waals surface area (Å²) in [4.78, 5) is 9.06. The van der Waals surface area contributed by atoms with Gasteiger partial charge in [-0.3, -0.25) is 4.99 Å². The van der Waals surface area contributed by atoms with Gasteiger partial charge in [-0.15, -0.1) is 11.3 Å². The SMILES string of the molecule is CN=C(NCc1csc(C(C)OC)n1)NC1C2CCOC2C12CCC2. The van der Waals surface area contributed by atoms with Gasteiger partial charge in [-0.1, -0.05) is 6.42 Å². The van der Waals surface area contributed by atoms with E-state index in [0.29, 0.717) is 30.0 Å². The number of nitrogens with zero attached hydrogens (tertiary/aromatic N) is 2. The molecule has 1 saturated heterocycles. The van der Waals surface area contributed by atoms with Gasteiger partial charge >= 0.3 is 0 Å². The normalized spacial score (nSPS) is 31.2. The lowest BCUT2D eigenvalue weighted by Crippen LogP contribution is -2.72. The second kappa shape index (κ2) is 6.85. The summed E-state index contributed by atoms with van der Waals surface area (Å²) in [6, 6.07) is 0.499. The maximum Gasteiger partial charge on any atom is 0.191 e. The molecule has 0 bridgehead atoms. The minimum atomic E-state index is 0.0453. The number of methoxy groups -OCH3 is 1. The van der Waals surface area contributed by atoms with Crippen LogP contribution in [0.3, 0.4) is 0 Å². The molecule has 2 saturated carbocycles. The summed E-state index contributed by atoms with van der Waals surface area (Å²) in [5, 5.41) is 10.2. The van der Waals surface area contributed by atoms with Crippen LogP contribution < -0.4 is 10.6 Å². The molecule has 1 aromatic rings. The first kappa shape index (κ1) is 17.2. The summed E-state index contributed by atoms with van der Waals surface area (Å²) >= 11 is 1.64. The number of fused-ring (bicyclic) bond motifs is 2. The zero-order valence-electron chi connectivity index (χ0n) is 15.2. The molecule has 7 heteroatoms. The molecule has 3 aliphatic rings. The number of aromatic nitrogens is 1. The number of ether oxygens (including phenoxy) is 2. The van der Waals surface area contributed by atoms with E-state index in [-0.39, 0.29) is 6.10 Å². The van der Waals surface area contributed by atoms with Crippen LogP contribution in [0.2, 0.25) is 0 Å². The number of nitrogens with one attached hydrogen (secondary N) is 2. The van der Waals surface area contributed by atoms with Gasteiger partial charge in [-0.25, -0.2) is 4.98 Å². The average molecular weight is 365 g/mol. The predicted molar refractivity (Wildman–Crippen MR) is 98.8 cm³/mol. The van der Waals surface area contributed by atoms with Gasteiger partial charge in [0, 0.05) is 43.5 Å². The van der Waals surface area contributed by atoms with Crippen molar-refractivity contribution in [1.29, 1.82) is 0 Å². The minimum Gasteiger partial charge on any atom is -0.377 e. The first-order chi connectivity index (χ1) is 12.2. The number of aliphatic imine (C=N–C) groups is 1. The molecule has 4 unspecified atom stereocenters. The van der Waals surface area contributed by atoms with Gasteiger partial charge in [0.15, 0.2) is 5.96 Å². The lowest BCUT2D eigenvalue weighted by Gasteiger charge is -2.63. The average Bonchev–Trinajstić information content (AvgIpc) is 3.21. The molecule has 4 atom stereocenters. The van der Waals surface area contributed by atoms with Crippen LogP contribution in [-0.2, 0) is 16.0 Å². The van der Waals surface area contributed by atoms with Crippen LogP contribution in [0.25, 0.3) is 0 Å². The summed E-state index contributed by atoms with van der Waals surface area (Å²) in [5.41, 5.74) is 1.39. The maximum atomic E-state index is 6.00. The molecule has 1 aliphatic heterocycles. The summed E-state index contributed by atoms with van der Waals surface area (Å²) in [5.74, 6) is 1.52. The largest absolute Gasteiger partial charge is 0.377 e. The number of thiazole rings is 1. The van der Waals surface area contributed by atoms with E-state index in [1.54, 1.807) is 18.4 Å². The molecule has 4 rings (SSSR count). The molecular formula is C18H28N4O2S. The van der Waals surface area contributed by atoms with Crippen LogP contribution in [0.5, 0.6) is 0 Å². The van der Waals surface area contributed by atoms with Crippen LogP contribution >= 0.6 is 11.3 Å². The number of hydrogen-bond acceptors (Lipinski definition) is 5. The van der Waals surface area contributed by atoms with Gasteiger partial charge in [0.05, 0.1) is 18.3 Å². The molecular weight excluding hydrogens is 336 g/mol. The Labute approximate surface area is 153 Å². The maximum absolute atomic E-state index is 6.00. The third-order valence-corrected chi connectivity index (χ3v) is 7.31. The second-order valence-electron chi connectivity index (χ2n) is 7.43. The second-order valence-corrected chi connectivity index (χ2v) is 8.32. The fourth-order valence-corrected chi connectivity index (χ4v) is 5.51. The summed E-state index contributed by atoms with van der Waals surface area (Å²) < 4.78 is 11.3. The van der Waals surface area contributed by atoms with Gasteiger partial charge in [0.25, 0.3) is 0 Å². The molecule has 0 aromatic carbocycles. The third kappa shape index (κ3) is 2.86. The van der Waals surface area contributed by atoms with Crippen molar-refractivity contribution in [1.82, 2.24) is 15.6 Å². The Bertz CT molecular complexity index is 643. The van der Waals surface area contributed by atoms with E-state index >= 15 is 0 Å². The van der Waals surface area contributed by atoms with Crippen molar-refractivity contribution >= 4 is 17.3 Å². The first-order valence-electron chi connectivity index (χ1n) is 9.24. The molecule has 0 radical (unpaired) electrons. The molecule has 25 heavy (non-hydrogen) atoms. The van der Waals surface area contributed by atoms with E-state index in [1.165, 1.54) is 25.7 Å². The zero-order valence-corrected chi connectivity index (χ0v) is 16.1. The molecule has 138 valence electrons. The number of hydrogen-bond donors (Lipinski definition) is 2. The Kier molecular flexibility index (Phi) is 4.73. The first-order valence-corrected chi connectivity index (χ1v) is 10.1. The Balaban J connectivity index is 1.35. The summed E-state index contributed by atoms with van der Waals surface area (Å²) in [6.07, 6.45) is 5.60. The van der Waals surface area contributed by atoms with Crippen LogP contribution in [0.1, 0.15) is 49.4 Å². The highest BCUT2D eigenvalue weighted by Crippen LogP contribution is 2.62.